The minimum absolute atomic E-state index is 0.0683. The van der Waals surface area contributed by atoms with E-state index in [1.54, 1.807) is 18.2 Å². The summed E-state index contributed by atoms with van der Waals surface area (Å²) in [6.07, 6.45) is 0. The number of hydrogen-bond acceptors (Lipinski definition) is 4. The smallest absolute Gasteiger partial charge is 0.255 e. The number of sulfonamides is 1. The van der Waals surface area contributed by atoms with Crippen molar-refractivity contribution in [2.75, 3.05) is 25.1 Å². The third-order valence-electron chi connectivity index (χ3n) is 4.39. The predicted molar refractivity (Wildman–Crippen MR) is 99.7 cm³/mol. The first-order chi connectivity index (χ1) is 12.3. The Morgan fingerprint density at radius 2 is 1.88 bits per heavy atom. The highest BCUT2D eigenvalue weighted by Gasteiger charge is 2.34. The standard InChI is InChI=1S/C19H22N2O4S/c1-14-6-3-4-9-17(14)21-18(22)15-7-5-8-16(10-15)26(23,24)20-11-19(2)12-25-13-19/h3-10,20H,11-13H2,1-2H3,(H,21,22). The van der Waals surface area contributed by atoms with Crippen molar-refractivity contribution in [3.05, 3.63) is 59.7 Å². The van der Waals surface area contributed by atoms with Crippen LogP contribution in [0.4, 0.5) is 5.69 Å². The molecule has 1 aliphatic heterocycles. The summed E-state index contributed by atoms with van der Waals surface area (Å²) in [4.78, 5) is 12.5. The number of carbonyl (C=O) groups is 1. The van der Waals surface area contributed by atoms with E-state index < -0.39 is 10.0 Å². The van der Waals surface area contributed by atoms with Gasteiger partial charge in [0.25, 0.3) is 5.91 Å². The first-order valence-corrected chi connectivity index (χ1v) is 9.82. The van der Waals surface area contributed by atoms with E-state index >= 15 is 0 Å². The minimum Gasteiger partial charge on any atom is -0.380 e. The van der Waals surface area contributed by atoms with E-state index in [-0.39, 0.29) is 21.8 Å². The molecular formula is C19H22N2O4S. The molecule has 1 heterocycles. The van der Waals surface area contributed by atoms with Crippen molar-refractivity contribution in [2.24, 2.45) is 5.41 Å². The lowest BCUT2D eigenvalue weighted by Crippen LogP contribution is -2.48. The SMILES string of the molecule is Cc1ccccc1NC(=O)c1cccc(S(=O)(=O)NCC2(C)COC2)c1. The molecule has 0 aromatic heterocycles. The number of rotatable bonds is 6. The lowest BCUT2D eigenvalue weighted by molar-refractivity contribution is -0.0965. The normalized spacial score (nSPS) is 15.9. The molecule has 2 N–H and O–H groups in total. The van der Waals surface area contributed by atoms with Gasteiger partial charge in [0.15, 0.2) is 0 Å². The van der Waals surface area contributed by atoms with Gasteiger partial charge in [0.2, 0.25) is 10.0 Å². The Kier molecular flexibility index (Phi) is 5.13. The summed E-state index contributed by atoms with van der Waals surface area (Å²) in [6.45, 7) is 5.23. The summed E-state index contributed by atoms with van der Waals surface area (Å²) < 4.78 is 32.8. The number of ether oxygens (including phenoxy) is 1. The highest BCUT2D eigenvalue weighted by Crippen LogP contribution is 2.26. The van der Waals surface area contributed by atoms with Crippen molar-refractivity contribution in [3.63, 3.8) is 0 Å². The molecule has 0 atom stereocenters. The summed E-state index contributed by atoms with van der Waals surface area (Å²) in [6, 6.07) is 13.4. The van der Waals surface area contributed by atoms with Crippen LogP contribution in [0, 0.1) is 12.3 Å². The van der Waals surface area contributed by atoms with E-state index in [0.717, 1.165) is 5.56 Å². The maximum absolute atomic E-state index is 12.5. The molecule has 0 spiro atoms. The van der Waals surface area contributed by atoms with Crippen LogP contribution in [0.5, 0.6) is 0 Å². The Hall–Kier alpha value is -2.22. The number of benzene rings is 2. The predicted octanol–water partition coefficient (Wildman–Crippen LogP) is 2.56. The largest absolute Gasteiger partial charge is 0.380 e. The van der Waals surface area contributed by atoms with Gasteiger partial charge in [-0.2, -0.15) is 0 Å². The molecule has 6 nitrogen and oxygen atoms in total. The molecule has 7 heteroatoms. The van der Waals surface area contributed by atoms with Gasteiger partial charge in [-0.3, -0.25) is 4.79 Å². The molecule has 0 aliphatic carbocycles. The van der Waals surface area contributed by atoms with Gasteiger partial charge in [0, 0.05) is 23.2 Å². The van der Waals surface area contributed by atoms with Crippen molar-refractivity contribution in [3.8, 4) is 0 Å². The van der Waals surface area contributed by atoms with E-state index in [9.17, 15) is 13.2 Å². The third kappa shape index (κ3) is 4.12. The van der Waals surface area contributed by atoms with Crippen LogP contribution in [0.25, 0.3) is 0 Å². The van der Waals surface area contributed by atoms with Crippen molar-refractivity contribution >= 4 is 21.6 Å². The number of anilines is 1. The molecule has 0 saturated carbocycles. The highest BCUT2D eigenvalue weighted by molar-refractivity contribution is 7.89. The van der Waals surface area contributed by atoms with Crippen molar-refractivity contribution in [1.82, 2.24) is 4.72 Å². The first kappa shape index (κ1) is 18.6. The molecule has 1 saturated heterocycles. The van der Waals surface area contributed by atoms with Gasteiger partial charge in [-0.05, 0) is 36.8 Å². The van der Waals surface area contributed by atoms with Gasteiger partial charge in [-0.15, -0.1) is 0 Å². The van der Waals surface area contributed by atoms with Gasteiger partial charge < -0.3 is 10.1 Å². The third-order valence-corrected chi connectivity index (χ3v) is 5.79. The molecule has 0 bridgehead atoms. The second-order valence-corrected chi connectivity index (χ2v) is 8.69. The van der Waals surface area contributed by atoms with Gasteiger partial charge in [-0.1, -0.05) is 31.2 Å². The molecule has 2 aromatic carbocycles. The van der Waals surface area contributed by atoms with Crippen LogP contribution in [0.15, 0.2) is 53.4 Å². The second-order valence-electron chi connectivity index (χ2n) is 6.92. The van der Waals surface area contributed by atoms with E-state index in [1.807, 2.05) is 32.0 Å². The number of aryl methyl sites for hydroxylation is 1. The second kappa shape index (κ2) is 7.19. The summed E-state index contributed by atoms with van der Waals surface area (Å²) >= 11 is 0. The Balaban J connectivity index is 1.74. The zero-order valence-electron chi connectivity index (χ0n) is 14.8. The number of hydrogen-bond donors (Lipinski definition) is 2. The summed E-state index contributed by atoms with van der Waals surface area (Å²) in [5.41, 5.74) is 1.74. The summed E-state index contributed by atoms with van der Waals surface area (Å²) in [5, 5.41) is 2.81. The average molecular weight is 374 g/mol. The lowest BCUT2D eigenvalue weighted by Gasteiger charge is -2.37. The molecule has 1 amide bonds. The van der Waals surface area contributed by atoms with Crippen molar-refractivity contribution in [1.29, 1.82) is 0 Å². The topological polar surface area (TPSA) is 84.5 Å². The number of carbonyl (C=O) groups excluding carboxylic acids is 1. The Bertz CT molecular complexity index is 921. The van der Waals surface area contributed by atoms with Crippen LogP contribution >= 0.6 is 0 Å². The van der Waals surface area contributed by atoms with Gasteiger partial charge in [-0.25, -0.2) is 13.1 Å². The fourth-order valence-electron chi connectivity index (χ4n) is 2.62. The number of amides is 1. The monoisotopic (exact) mass is 374 g/mol. The molecule has 0 radical (unpaired) electrons. The van der Waals surface area contributed by atoms with Crippen LogP contribution in [-0.4, -0.2) is 34.1 Å². The van der Waals surface area contributed by atoms with E-state index in [4.69, 9.17) is 4.74 Å². The Morgan fingerprint density at radius 3 is 2.54 bits per heavy atom. The fourth-order valence-corrected chi connectivity index (χ4v) is 3.86. The zero-order chi connectivity index (χ0) is 18.8. The Labute approximate surface area is 153 Å². The maximum Gasteiger partial charge on any atom is 0.255 e. The average Bonchev–Trinajstić information content (AvgIpc) is 2.60. The summed E-state index contributed by atoms with van der Waals surface area (Å²) in [7, 11) is -3.69. The van der Waals surface area contributed by atoms with Crippen LogP contribution in [0.2, 0.25) is 0 Å². The molecule has 1 fully saturated rings. The van der Waals surface area contributed by atoms with Crippen molar-refractivity contribution < 1.29 is 17.9 Å². The van der Waals surface area contributed by atoms with E-state index in [2.05, 4.69) is 10.0 Å². The molecule has 3 rings (SSSR count). The van der Waals surface area contributed by atoms with Gasteiger partial charge in [0.05, 0.1) is 18.1 Å². The van der Waals surface area contributed by atoms with Crippen LogP contribution in [0.3, 0.4) is 0 Å². The minimum atomic E-state index is -3.69. The Morgan fingerprint density at radius 1 is 1.15 bits per heavy atom. The maximum atomic E-state index is 12.5. The van der Waals surface area contributed by atoms with Crippen LogP contribution in [-0.2, 0) is 14.8 Å². The summed E-state index contributed by atoms with van der Waals surface area (Å²) in [5.74, 6) is -0.351. The molecule has 0 unspecified atom stereocenters. The van der Waals surface area contributed by atoms with Gasteiger partial charge in [0.1, 0.15) is 0 Å². The fraction of sp³-hybridized carbons (Fsp3) is 0.316. The van der Waals surface area contributed by atoms with Gasteiger partial charge >= 0.3 is 0 Å². The lowest BCUT2D eigenvalue weighted by atomic mass is 9.89. The molecular weight excluding hydrogens is 352 g/mol. The van der Waals surface area contributed by atoms with E-state index in [0.29, 0.717) is 25.4 Å². The number of para-hydroxylation sites is 1. The first-order valence-electron chi connectivity index (χ1n) is 8.34. The number of nitrogens with one attached hydrogen (secondary N) is 2. The molecule has 138 valence electrons. The van der Waals surface area contributed by atoms with Crippen LogP contribution < -0.4 is 10.0 Å². The molecule has 1 aliphatic rings. The van der Waals surface area contributed by atoms with Crippen molar-refractivity contribution in [2.45, 2.75) is 18.7 Å². The highest BCUT2D eigenvalue weighted by atomic mass is 32.2. The zero-order valence-corrected chi connectivity index (χ0v) is 15.6. The molecule has 26 heavy (non-hydrogen) atoms. The van der Waals surface area contributed by atoms with Crippen LogP contribution in [0.1, 0.15) is 22.8 Å². The quantitative estimate of drug-likeness (QED) is 0.814. The molecule has 2 aromatic rings. The van der Waals surface area contributed by atoms with E-state index in [1.165, 1.54) is 12.1 Å².